The number of hydrogen-bond donors (Lipinski definition) is 1. The van der Waals surface area contributed by atoms with E-state index in [9.17, 15) is 9.18 Å². The van der Waals surface area contributed by atoms with E-state index in [0.29, 0.717) is 48.1 Å². The minimum Gasteiger partial charge on any atom is -0.487 e. The Labute approximate surface area is 186 Å². The van der Waals surface area contributed by atoms with Crippen molar-refractivity contribution in [2.45, 2.75) is 31.7 Å². The predicted molar refractivity (Wildman–Crippen MR) is 117 cm³/mol. The van der Waals surface area contributed by atoms with E-state index in [1.165, 1.54) is 6.08 Å². The third-order valence-corrected chi connectivity index (χ3v) is 5.89. The van der Waals surface area contributed by atoms with Gasteiger partial charge < -0.3 is 14.8 Å². The fourth-order valence-corrected chi connectivity index (χ4v) is 4.08. The number of allylic oxidation sites excluding steroid dienone is 1. The van der Waals surface area contributed by atoms with Crippen molar-refractivity contribution in [3.05, 3.63) is 65.0 Å². The van der Waals surface area contributed by atoms with E-state index >= 15 is 0 Å². The zero-order valence-corrected chi connectivity index (χ0v) is 17.9. The first-order valence-corrected chi connectivity index (χ1v) is 10.8. The first kappa shape index (κ1) is 21.7. The molecule has 1 fully saturated rings. The molecule has 0 bridgehead atoms. The smallest absolute Gasteiger partial charge is 0.251 e. The highest BCUT2D eigenvalue weighted by molar-refractivity contribution is 6.31. The molecular formula is C23H25ClFN3O3. The number of nitrogens with zero attached hydrogens (tertiary/aromatic N) is 2. The number of halogens is 2. The maximum atomic E-state index is 14.4. The molecule has 1 N–H and O–H groups in total. The van der Waals surface area contributed by atoms with Crippen molar-refractivity contribution < 1.29 is 18.7 Å². The van der Waals surface area contributed by atoms with E-state index in [-0.39, 0.29) is 18.6 Å². The highest BCUT2D eigenvalue weighted by Crippen LogP contribution is 2.28. The molecule has 31 heavy (non-hydrogen) atoms. The molecule has 0 spiro atoms. The number of amides is 1. The molecule has 2 atom stereocenters. The molecule has 4 rings (SSSR count). The Morgan fingerprint density at radius 3 is 2.94 bits per heavy atom. The van der Waals surface area contributed by atoms with Crippen LogP contribution in [0.1, 0.15) is 18.4 Å². The number of carbonyl (C=O) groups excluding carboxylic acids is 1. The number of hydrogen-bond acceptors (Lipinski definition) is 5. The van der Waals surface area contributed by atoms with Gasteiger partial charge in [-0.1, -0.05) is 11.6 Å². The van der Waals surface area contributed by atoms with E-state index in [0.717, 1.165) is 18.7 Å². The van der Waals surface area contributed by atoms with Gasteiger partial charge in [0.2, 0.25) is 0 Å². The summed E-state index contributed by atoms with van der Waals surface area (Å²) in [5, 5.41) is 3.41. The Bertz CT molecular complexity index is 935. The van der Waals surface area contributed by atoms with Gasteiger partial charge in [0, 0.05) is 47.2 Å². The average molecular weight is 446 g/mol. The van der Waals surface area contributed by atoms with Gasteiger partial charge >= 0.3 is 0 Å². The summed E-state index contributed by atoms with van der Waals surface area (Å²) in [7, 11) is 0. The summed E-state index contributed by atoms with van der Waals surface area (Å²) in [6.45, 7) is 3.07. The fourth-order valence-electron chi connectivity index (χ4n) is 3.91. The summed E-state index contributed by atoms with van der Waals surface area (Å²) < 4.78 is 25.5. The number of benzene rings is 1. The molecule has 1 aromatic heterocycles. The van der Waals surface area contributed by atoms with Crippen LogP contribution < -0.4 is 10.1 Å². The first-order valence-electron chi connectivity index (χ1n) is 10.4. The summed E-state index contributed by atoms with van der Waals surface area (Å²) in [4.78, 5) is 19.1. The van der Waals surface area contributed by atoms with Crippen LogP contribution in [0, 0.1) is 0 Å². The SMILES string of the molecule is O=C(Nc1ccc(Cl)c(COc2cccnc2)c1)C1=CC(F)CC(N2CCOCC2)C1. The quantitative estimate of drug-likeness (QED) is 0.727. The van der Waals surface area contributed by atoms with E-state index in [4.69, 9.17) is 21.1 Å². The van der Waals surface area contributed by atoms with Crippen LogP contribution in [0.5, 0.6) is 5.75 Å². The van der Waals surface area contributed by atoms with Crippen molar-refractivity contribution in [3.63, 3.8) is 0 Å². The van der Waals surface area contributed by atoms with E-state index in [1.54, 1.807) is 42.7 Å². The zero-order chi connectivity index (χ0) is 21.6. The molecule has 0 radical (unpaired) electrons. The molecule has 1 aliphatic carbocycles. The summed E-state index contributed by atoms with van der Waals surface area (Å²) >= 11 is 6.29. The number of pyridine rings is 1. The molecule has 2 heterocycles. The molecule has 1 amide bonds. The molecular weight excluding hydrogens is 421 g/mol. The lowest BCUT2D eigenvalue weighted by Crippen LogP contribution is -2.46. The highest BCUT2D eigenvalue weighted by atomic mass is 35.5. The Hall–Kier alpha value is -2.48. The molecule has 1 aromatic carbocycles. The largest absolute Gasteiger partial charge is 0.487 e. The molecule has 2 aliphatic rings. The molecule has 1 aliphatic heterocycles. The molecule has 2 aromatic rings. The van der Waals surface area contributed by atoms with E-state index in [2.05, 4.69) is 15.2 Å². The van der Waals surface area contributed by atoms with Crippen LogP contribution >= 0.6 is 11.6 Å². The lowest BCUT2D eigenvalue weighted by Gasteiger charge is -2.37. The maximum absolute atomic E-state index is 14.4. The van der Waals surface area contributed by atoms with Crippen molar-refractivity contribution in [2.75, 3.05) is 31.6 Å². The number of anilines is 1. The van der Waals surface area contributed by atoms with Crippen LogP contribution in [-0.2, 0) is 16.1 Å². The lowest BCUT2D eigenvalue weighted by atomic mass is 9.91. The van der Waals surface area contributed by atoms with Crippen LogP contribution in [0.15, 0.2) is 54.4 Å². The van der Waals surface area contributed by atoms with Gasteiger partial charge in [0.15, 0.2) is 0 Å². The minimum atomic E-state index is -1.13. The molecule has 2 unspecified atom stereocenters. The third kappa shape index (κ3) is 5.81. The highest BCUT2D eigenvalue weighted by Gasteiger charge is 2.30. The van der Waals surface area contributed by atoms with Crippen LogP contribution in [0.4, 0.5) is 10.1 Å². The maximum Gasteiger partial charge on any atom is 0.251 e. The Kier molecular flexibility index (Phi) is 7.17. The second-order valence-corrected chi connectivity index (χ2v) is 8.09. The number of rotatable bonds is 6. The minimum absolute atomic E-state index is 0.0123. The van der Waals surface area contributed by atoms with Gasteiger partial charge in [-0.2, -0.15) is 0 Å². The van der Waals surface area contributed by atoms with Gasteiger partial charge in [0.1, 0.15) is 18.5 Å². The van der Waals surface area contributed by atoms with Gasteiger partial charge in [0.05, 0.1) is 19.4 Å². The molecule has 6 nitrogen and oxygen atoms in total. The summed E-state index contributed by atoms with van der Waals surface area (Å²) in [6.07, 6.45) is 4.53. The second-order valence-electron chi connectivity index (χ2n) is 7.69. The van der Waals surface area contributed by atoms with E-state index in [1.807, 2.05) is 0 Å². The van der Waals surface area contributed by atoms with Crippen LogP contribution in [-0.4, -0.2) is 54.3 Å². The number of ether oxygens (including phenoxy) is 2. The fraction of sp³-hybridized carbons (Fsp3) is 0.391. The van der Waals surface area contributed by atoms with Gasteiger partial charge in [-0.05, 0) is 49.2 Å². The summed E-state index contributed by atoms with van der Waals surface area (Å²) in [5.74, 6) is 0.338. The first-order chi connectivity index (χ1) is 15.1. The number of carbonyl (C=O) groups is 1. The molecule has 8 heteroatoms. The molecule has 164 valence electrons. The van der Waals surface area contributed by atoms with Crippen molar-refractivity contribution >= 4 is 23.2 Å². The van der Waals surface area contributed by atoms with Crippen LogP contribution in [0.25, 0.3) is 0 Å². The van der Waals surface area contributed by atoms with Gasteiger partial charge in [-0.25, -0.2) is 4.39 Å². The van der Waals surface area contributed by atoms with Crippen molar-refractivity contribution in [1.29, 1.82) is 0 Å². The molecule has 1 saturated heterocycles. The van der Waals surface area contributed by atoms with Crippen LogP contribution in [0.2, 0.25) is 5.02 Å². The Morgan fingerprint density at radius 2 is 2.16 bits per heavy atom. The Balaban J connectivity index is 1.40. The second kappa shape index (κ2) is 10.2. The molecule has 0 saturated carbocycles. The lowest BCUT2D eigenvalue weighted by molar-refractivity contribution is -0.113. The predicted octanol–water partition coefficient (Wildman–Crippen LogP) is 4.01. The zero-order valence-electron chi connectivity index (χ0n) is 17.1. The Morgan fingerprint density at radius 1 is 1.32 bits per heavy atom. The number of morpholine rings is 1. The van der Waals surface area contributed by atoms with Crippen molar-refractivity contribution in [1.82, 2.24) is 9.88 Å². The van der Waals surface area contributed by atoms with E-state index < -0.39 is 6.17 Å². The third-order valence-electron chi connectivity index (χ3n) is 5.52. The topological polar surface area (TPSA) is 63.7 Å². The normalized spacial score (nSPS) is 21.9. The summed E-state index contributed by atoms with van der Waals surface area (Å²) in [5.41, 5.74) is 1.79. The average Bonchev–Trinajstić information content (AvgIpc) is 2.80. The van der Waals surface area contributed by atoms with Crippen LogP contribution in [0.3, 0.4) is 0 Å². The van der Waals surface area contributed by atoms with Crippen molar-refractivity contribution in [3.8, 4) is 5.75 Å². The van der Waals surface area contributed by atoms with Gasteiger partial charge in [0.25, 0.3) is 5.91 Å². The monoisotopic (exact) mass is 445 g/mol. The number of alkyl halides is 1. The standard InChI is InChI=1S/C23H25ClFN3O3/c24-22-4-3-19(11-17(22)15-31-21-2-1-5-26-14-21)27-23(29)16-10-18(25)13-20(12-16)28-6-8-30-9-7-28/h1-5,10-11,14,18,20H,6-9,12-13,15H2,(H,27,29). The van der Waals surface area contributed by atoms with Gasteiger partial charge in [-0.3, -0.25) is 14.7 Å². The number of aromatic nitrogens is 1. The van der Waals surface area contributed by atoms with Gasteiger partial charge in [-0.15, -0.1) is 0 Å². The number of nitrogens with one attached hydrogen (secondary N) is 1. The van der Waals surface area contributed by atoms with Crippen molar-refractivity contribution in [2.24, 2.45) is 0 Å². The summed E-state index contributed by atoms with van der Waals surface area (Å²) in [6, 6.07) is 8.81.